The lowest BCUT2D eigenvalue weighted by atomic mass is 10.1. The van der Waals surface area contributed by atoms with E-state index in [1.165, 1.54) is 18.2 Å². The lowest BCUT2D eigenvalue weighted by Crippen LogP contribution is -2.31. The molecule has 0 saturated carbocycles. The van der Waals surface area contributed by atoms with Crippen LogP contribution < -0.4 is 0 Å². The summed E-state index contributed by atoms with van der Waals surface area (Å²) in [7, 11) is -3.44. The molecule has 0 aliphatic carbocycles. The highest BCUT2D eigenvalue weighted by atomic mass is 32.2. The van der Waals surface area contributed by atoms with Crippen LogP contribution in [0, 0.1) is 6.92 Å². The van der Waals surface area contributed by atoms with Crippen LogP contribution in [0.15, 0.2) is 23.1 Å². The van der Waals surface area contributed by atoms with Crippen LogP contribution >= 0.6 is 0 Å². The van der Waals surface area contributed by atoms with E-state index in [1.54, 1.807) is 6.92 Å². The summed E-state index contributed by atoms with van der Waals surface area (Å²) in [5.41, 5.74) is 0.573. The second-order valence-electron chi connectivity index (χ2n) is 4.67. The van der Waals surface area contributed by atoms with E-state index in [-0.39, 0.29) is 17.1 Å². The maximum absolute atomic E-state index is 12.4. The maximum Gasteiger partial charge on any atom is 0.335 e. The number of benzene rings is 1. The highest BCUT2D eigenvalue weighted by Crippen LogP contribution is 2.24. The van der Waals surface area contributed by atoms with Crippen LogP contribution in [0.3, 0.4) is 0 Å². The number of sulfone groups is 1. The van der Waals surface area contributed by atoms with Gasteiger partial charge >= 0.3 is 5.97 Å². The number of hydrogen-bond donors (Lipinski definition) is 1. The molecule has 0 bridgehead atoms. The van der Waals surface area contributed by atoms with Crippen molar-refractivity contribution in [3.63, 3.8) is 0 Å². The van der Waals surface area contributed by atoms with Gasteiger partial charge in [-0.05, 0) is 43.5 Å². The Balaban J connectivity index is 2.35. The fraction of sp³-hybridized carbons (Fsp3) is 0.462. The molecule has 1 aromatic rings. The van der Waals surface area contributed by atoms with Crippen molar-refractivity contribution in [3.8, 4) is 0 Å². The molecule has 1 atom stereocenters. The number of hydrogen-bond acceptors (Lipinski definition) is 4. The molecule has 0 amide bonds. The standard InChI is InChI=1S/C13H16O5S/c1-9-7-10(4-5-12(9)13(14)15)19(16,17)11-3-2-6-18-8-11/h4-5,7,11H,2-3,6,8H2,1H3,(H,14,15). The third kappa shape index (κ3) is 2.79. The fourth-order valence-electron chi connectivity index (χ4n) is 2.20. The maximum atomic E-state index is 12.4. The zero-order chi connectivity index (χ0) is 14.0. The topological polar surface area (TPSA) is 80.7 Å². The van der Waals surface area contributed by atoms with E-state index >= 15 is 0 Å². The fourth-order valence-corrected chi connectivity index (χ4v) is 3.94. The summed E-state index contributed by atoms with van der Waals surface area (Å²) >= 11 is 0. The average molecular weight is 284 g/mol. The smallest absolute Gasteiger partial charge is 0.335 e. The van der Waals surface area contributed by atoms with Gasteiger partial charge in [0.05, 0.1) is 22.3 Å². The van der Waals surface area contributed by atoms with Crippen LogP contribution in [0.1, 0.15) is 28.8 Å². The molecule has 1 aliphatic rings. The van der Waals surface area contributed by atoms with Gasteiger partial charge in [0.2, 0.25) is 0 Å². The molecule has 1 N–H and O–H groups in total. The number of carbonyl (C=O) groups is 1. The zero-order valence-electron chi connectivity index (χ0n) is 10.6. The highest BCUT2D eigenvalue weighted by Gasteiger charge is 2.30. The van der Waals surface area contributed by atoms with Crippen molar-refractivity contribution in [2.45, 2.75) is 29.9 Å². The first-order valence-electron chi connectivity index (χ1n) is 6.08. The van der Waals surface area contributed by atoms with Gasteiger partial charge in [-0.25, -0.2) is 13.2 Å². The molecule has 2 rings (SSSR count). The van der Waals surface area contributed by atoms with E-state index in [4.69, 9.17) is 9.84 Å². The van der Waals surface area contributed by atoms with Crippen LogP contribution in [0.25, 0.3) is 0 Å². The quantitative estimate of drug-likeness (QED) is 0.912. The first-order valence-corrected chi connectivity index (χ1v) is 7.63. The summed E-state index contributed by atoms with van der Waals surface area (Å²) in [4.78, 5) is 11.1. The lowest BCUT2D eigenvalue weighted by Gasteiger charge is -2.22. The molecule has 1 saturated heterocycles. The van der Waals surface area contributed by atoms with Gasteiger partial charge in [-0.1, -0.05) is 0 Å². The van der Waals surface area contributed by atoms with E-state index in [0.29, 0.717) is 18.6 Å². The summed E-state index contributed by atoms with van der Waals surface area (Å²) < 4.78 is 30.0. The number of carboxylic acids is 1. The van der Waals surface area contributed by atoms with E-state index in [9.17, 15) is 13.2 Å². The van der Waals surface area contributed by atoms with Gasteiger partial charge in [0.25, 0.3) is 0 Å². The normalized spacial score (nSPS) is 20.2. The molecule has 6 heteroatoms. The van der Waals surface area contributed by atoms with Crippen LogP contribution in [-0.4, -0.2) is 38.0 Å². The minimum atomic E-state index is -3.44. The van der Waals surface area contributed by atoms with E-state index in [0.717, 1.165) is 6.42 Å². The largest absolute Gasteiger partial charge is 0.478 e. The van der Waals surface area contributed by atoms with Crippen molar-refractivity contribution in [2.24, 2.45) is 0 Å². The zero-order valence-corrected chi connectivity index (χ0v) is 11.4. The van der Waals surface area contributed by atoms with Gasteiger partial charge in [0, 0.05) is 6.61 Å². The number of rotatable bonds is 3. The number of aryl methyl sites for hydroxylation is 1. The molecule has 0 aromatic heterocycles. The Labute approximate surface area is 112 Å². The molecule has 0 radical (unpaired) electrons. The van der Waals surface area contributed by atoms with Crippen molar-refractivity contribution in [3.05, 3.63) is 29.3 Å². The number of aromatic carboxylic acids is 1. The summed E-state index contributed by atoms with van der Waals surface area (Å²) in [5, 5.41) is 8.41. The van der Waals surface area contributed by atoms with Gasteiger partial charge in [-0.15, -0.1) is 0 Å². The Bertz CT molecular complexity index is 585. The van der Waals surface area contributed by atoms with Gasteiger partial charge in [-0.3, -0.25) is 0 Å². The molecule has 1 unspecified atom stereocenters. The van der Waals surface area contributed by atoms with Crippen LogP contribution in [0.2, 0.25) is 0 Å². The van der Waals surface area contributed by atoms with Crippen LogP contribution in [0.4, 0.5) is 0 Å². The molecule has 19 heavy (non-hydrogen) atoms. The Morgan fingerprint density at radius 2 is 2.16 bits per heavy atom. The lowest BCUT2D eigenvalue weighted by molar-refractivity contribution is 0.0696. The molecular weight excluding hydrogens is 268 g/mol. The van der Waals surface area contributed by atoms with Crippen molar-refractivity contribution in [1.82, 2.24) is 0 Å². The SMILES string of the molecule is Cc1cc(S(=O)(=O)C2CCCOC2)ccc1C(=O)O. The van der Waals surface area contributed by atoms with E-state index in [2.05, 4.69) is 0 Å². The Morgan fingerprint density at radius 1 is 1.42 bits per heavy atom. The molecule has 5 nitrogen and oxygen atoms in total. The van der Waals surface area contributed by atoms with Gasteiger partial charge < -0.3 is 9.84 Å². The molecule has 1 aliphatic heterocycles. The predicted octanol–water partition coefficient (Wildman–Crippen LogP) is 1.65. The van der Waals surface area contributed by atoms with Crippen molar-refractivity contribution in [2.75, 3.05) is 13.2 Å². The number of carboxylic acid groups (broad SMARTS) is 1. The third-order valence-corrected chi connectivity index (χ3v) is 5.47. The summed E-state index contributed by atoms with van der Waals surface area (Å²) in [6.45, 7) is 2.41. The summed E-state index contributed by atoms with van der Waals surface area (Å²) in [6, 6.07) is 4.13. The molecule has 1 aromatic carbocycles. The first-order chi connectivity index (χ1) is 8.93. The van der Waals surface area contributed by atoms with E-state index < -0.39 is 21.1 Å². The molecule has 1 fully saturated rings. The summed E-state index contributed by atoms with van der Waals surface area (Å²) in [5.74, 6) is -1.05. The molecule has 0 spiro atoms. The minimum Gasteiger partial charge on any atom is -0.478 e. The molecule has 1 heterocycles. The van der Waals surface area contributed by atoms with Gasteiger partial charge in [-0.2, -0.15) is 0 Å². The van der Waals surface area contributed by atoms with Crippen LogP contribution in [0.5, 0.6) is 0 Å². The Morgan fingerprint density at radius 3 is 2.68 bits per heavy atom. The molecule has 104 valence electrons. The van der Waals surface area contributed by atoms with Gasteiger partial charge in [0.15, 0.2) is 9.84 Å². The van der Waals surface area contributed by atoms with Crippen LogP contribution in [-0.2, 0) is 14.6 Å². The molecular formula is C13H16O5S. The Kier molecular flexibility index (Phi) is 3.91. The first kappa shape index (κ1) is 14.0. The Hall–Kier alpha value is -1.40. The predicted molar refractivity (Wildman–Crippen MR) is 69.2 cm³/mol. The third-order valence-electron chi connectivity index (χ3n) is 3.31. The van der Waals surface area contributed by atoms with Gasteiger partial charge in [0.1, 0.15) is 0 Å². The monoisotopic (exact) mass is 284 g/mol. The highest BCUT2D eigenvalue weighted by molar-refractivity contribution is 7.92. The second kappa shape index (κ2) is 5.30. The summed E-state index contributed by atoms with van der Waals surface area (Å²) in [6.07, 6.45) is 1.32. The second-order valence-corrected chi connectivity index (χ2v) is 6.89. The number of ether oxygens (including phenoxy) is 1. The van der Waals surface area contributed by atoms with Crippen molar-refractivity contribution >= 4 is 15.8 Å². The van der Waals surface area contributed by atoms with Crippen molar-refractivity contribution in [1.29, 1.82) is 0 Å². The average Bonchev–Trinajstić information content (AvgIpc) is 2.39. The minimum absolute atomic E-state index is 0.124. The van der Waals surface area contributed by atoms with E-state index in [1.807, 2.05) is 0 Å². The van der Waals surface area contributed by atoms with Crippen molar-refractivity contribution < 1.29 is 23.1 Å².